The van der Waals surface area contributed by atoms with Crippen LogP contribution in [0.2, 0.25) is 0 Å². The number of carbonyl (C=O) groups is 2. The molecule has 0 saturated heterocycles. The van der Waals surface area contributed by atoms with Gasteiger partial charge in [-0.1, -0.05) is 12.2 Å². The molecule has 1 fully saturated rings. The van der Waals surface area contributed by atoms with Crippen molar-refractivity contribution in [2.45, 2.75) is 19.3 Å². The number of hydrogen-bond acceptors (Lipinski definition) is 2. The lowest BCUT2D eigenvalue weighted by atomic mass is 9.82. The number of ketones is 1. The van der Waals surface area contributed by atoms with Crippen LogP contribution >= 0.6 is 0 Å². The number of rotatable bonds is 1. The lowest BCUT2D eigenvalue weighted by Gasteiger charge is -2.22. The van der Waals surface area contributed by atoms with Gasteiger partial charge in [-0.3, -0.25) is 4.79 Å². The molecule has 68 valence electrons. The lowest BCUT2D eigenvalue weighted by molar-refractivity contribution is -0.111. The van der Waals surface area contributed by atoms with Gasteiger partial charge in [0.2, 0.25) is 0 Å². The van der Waals surface area contributed by atoms with Crippen molar-refractivity contribution in [1.29, 1.82) is 0 Å². The van der Waals surface area contributed by atoms with Crippen LogP contribution in [0.3, 0.4) is 0 Å². The molecule has 0 aromatic heterocycles. The fourth-order valence-electron chi connectivity index (χ4n) is 2.17. The molecule has 1 saturated carbocycles. The highest BCUT2D eigenvalue weighted by atomic mass is 16.1. The van der Waals surface area contributed by atoms with E-state index >= 15 is 0 Å². The fraction of sp³-hybridized carbons (Fsp3) is 0.455. The van der Waals surface area contributed by atoms with Crippen LogP contribution in [0.4, 0.5) is 0 Å². The number of aldehydes is 1. The van der Waals surface area contributed by atoms with Gasteiger partial charge in [-0.05, 0) is 31.4 Å². The first-order valence-corrected chi connectivity index (χ1v) is 4.62. The monoisotopic (exact) mass is 176 g/mol. The quantitative estimate of drug-likeness (QED) is 0.569. The first-order chi connectivity index (χ1) is 6.24. The Labute approximate surface area is 77.3 Å². The number of carbonyl (C=O) groups excluding carboxylic acids is 2. The Morgan fingerprint density at radius 3 is 2.62 bits per heavy atom. The van der Waals surface area contributed by atoms with Crippen LogP contribution in [0.15, 0.2) is 24.3 Å². The van der Waals surface area contributed by atoms with Crippen LogP contribution in [0.1, 0.15) is 19.3 Å². The third kappa shape index (κ3) is 1.48. The van der Waals surface area contributed by atoms with E-state index in [1.54, 1.807) is 12.2 Å². The smallest absolute Gasteiger partial charge is 0.178 e. The van der Waals surface area contributed by atoms with Crippen LogP contribution in [0.5, 0.6) is 0 Å². The first kappa shape index (κ1) is 8.42. The van der Waals surface area contributed by atoms with Crippen molar-refractivity contribution in [1.82, 2.24) is 0 Å². The van der Waals surface area contributed by atoms with Crippen molar-refractivity contribution in [3.63, 3.8) is 0 Å². The summed E-state index contributed by atoms with van der Waals surface area (Å²) in [5.74, 6) is 0.239. The Kier molecular flexibility index (Phi) is 1.91. The molecule has 0 aromatic rings. The topological polar surface area (TPSA) is 34.1 Å². The molecule has 0 radical (unpaired) electrons. The largest absolute Gasteiger partial charge is 0.303 e. The Morgan fingerprint density at radius 2 is 2.08 bits per heavy atom. The zero-order chi connectivity index (χ0) is 9.31. The van der Waals surface area contributed by atoms with Gasteiger partial charge in [-0.15, -0.1) is 0 Å². The minimum absolute atomic E-state index is 0.0134. The lowest BCUT2D eigenvalue weighted by Crippen LogP contribution is -2.14. The second kappa shape index (κ2) is 2.95. The zero-order valence-electron chi connectivity index (χ0n) is 7.40. The van der Waals surface area contributed by atoms with Gasteiger partial charge >= 0.3 is 0 Å². The van der Waals surface area contributed by atoms with Gasteiger partial charge in [0.1, 0.15) is 6.29 Å². The molecule has 0 bridgehead atoms. The first-order valence-electron chi connectivity index (χ1n) is 4.62. The molecule has 0 N–H and O–H groups in total. The summed E-state index contributed by atoms with van der Waals surface area (Å²) in [4.78, 5) is 21.5. The van der Waals surface area contributed by atoms with Gasteiger partial charge in [0.05, 0.1) is 0 Å². The standard InChI is InChI=1S/C11H12O2/c12-8-9-1-4-11(7-9)5-2-10(13)3-6-11/h2-3,5-6,8-9H,1,4,7H2/t9-/m1/s1. The third-order valence-electron chi connectivity index (χ3n) is 2.97. The molecule has 2 rings (SSSR count). The Balaban J connectivity index is 2.16. The number of allylic oxidation sites excluding steroid dienone is 4. The minimum Gasteiger partial charge on any atom is -0.303 e. The molecule has 2 heteroatoms. The highest BCUT2D eigenvalue weighted by Gasteiger charge is 2.35. The molecule has 0 aliphatic heterocycles. The molecular formula is C11H12O2. The van der Waals surface area contributed by atoms with Gasteiger partial charge in [0.15, 0.2) is 5.78 Å². The molecule has 0 heterocycles. The van der Waals surface area contributed by atoms with Crippen molar-refractivity contribution >= 4 is 12.1 Å². The van der Waals surface area contributed by atoms with E-state index in [1.165, 1.54) is 0 Å². The Hall–Kier alpha value is -1.18. The molecule has 2 nitrogen and oxygen atoms in total. The van der Waals surface area contributed by atoms with E-state index in [0.717, 1.165) is 25.5 Å². The van der Waals surface area contributed by atoms with Gasteiger partial charge < -0.3 is 4.79 Å². The van der Waals surface area contributed by atoms with Crippen LogP contribution in [0, 0.1) is 11.3 Å². The average molecular weight is 176 g/mol. The van der Waals surface area contributed by atoms with Crippen LogP contribution < -0.4 is 0 Å². The third-order valence-corrected chi connectivity index (χ3v) is 2.97. The van der Waals surface area contributed by atoms with Crippen LogP contribution in [-0.4, -0.2) is 12.1 Å². The van der Waals surface area contributed by atoms with Crippen molar-refractivity contribution in [3.8, 4) is 0 Å². The summed E-state index contributed by atoms with van der Waals surface area (Å²) in [7, 11) is 0. The summed E-state index contributed by atoms with van der Waals surface area (Å²) in [5.41, 5.74) is 0.0134. The highest BCUT2D eigenvalue weighted by molar-refractivity contribution is 6.00. The van der Waals surface area contributed by atoms with Gasteiger partial charge in [0, 0.05) is 11.3 Å². The molecule has 1 spiro atoms. The molecule has 13 heavy (non-hydrogen) atoms. The van der Waals surface area contributed by atoms with Gasteiger partial charge in [0.25, 0.3) is 0 Å². The van der Waals surface area contributed by atoms with Crippen molar-refractivity contribution in [2.75, 3.05) is 0 Å². The average Bonchev–Trinajstić information content (AvgIpc) is 2.55. The summed E-state index contributed by atoms with van der Waals surface area (Å²) in [6.07, 6.45) is 11.0. The van der Waals surface area contributed by atoms with Gasteiger partial charge in [-0.25, -0.2) is 0 Å². The Bertz CT molecular complexity index is 283. The maximum absolute atomic E-state index is 10.9. The number of hydrogen-bond donors (Lipinski definition) is 0. The highest BCUT2D eigenvalue weighted by Crippen LogP contribution is 2.44. The van der Waals surface area contributed by atoms with E-state index in [9.17, 15) is 9.59 Å². The van der Waals surface area contributed by atoms with Crippen LogP contribution in [0.25, 0.3) is 0 Å². The molecule has 0 amide bonds. The van der Waals surface area contributed by atoms with Crippen molar-refractivity contribution in [2.24, 2.45) is 11.3 Å². The van der Waals surface area contributed by atoms with Crippen molar-refractivity contribution in [3.05, 3.63) is 24.3 Å². The summed E-state index contributed by atoms with van der Waals surface area (Å²) in [6.45, 7) is 0. The maximum Gasteiger partial charge on any atom is 0.178 e. The van der Waals surface area contributed by atoms with Gasteiger partial charge in [-0.2, -0.15) is 0 Å². The molecule has 0 aromatic carbocycles. The normalized spacial score (nSPS) is 29.8. The van der Waals surface area contributed by atoms with E-state index in [1.807, 2.05) is 12.2 Å². The SMILES string of the molecule is O=C[C@@H]1CCC2(C=CC(=O)C=C2)C1. The zero-order valence-corrected chi connectivity index (χ0v) is 7.40. The summed E-state index contributed by atoms with van der Waals surface area (Å²) >= 11 is 0. The predicted molar refractivity (Wildman–Crippen MR) is 49.1 cm³/mol. The molecule has 2 aliphatic carbocycles. The molecule has 1 atom stereocenters. The molecular weight excluding hydrogens is 164 g/mol. The van der Waals surface area contributed by atoms with Crippen molar-refractivity contribution < 1.29 is 9.59 Å². The summed E-state index contributed by atoms with van der Waals surface area (Å²) in [6, 6.07) is 0. The predicted octanol–water partition coefficient (Wildman–Crippen LogP) is 1.67. The van der Waals surface area contributed by atoms with E-state index in [2.05, 4.69) is 0 Å². The second-order valence-corrected chi connectivity index (χ2v) is 3.94. The summed E-state index contributed by atoms with van der Waals surface area (Å²) < 4.78 is 0. The Morgan fingerprint density at radius 1 is 1.38 bits per heavy atom. The fourth-order valence-corrected chi connectivity index (χ4v) is 2.17. The molecule has 2 aliphatic rings. The van der Waals surface area contributed by atoms with E-state index in [4.69, 9.17) is 0 Å². The molecule has 0 unspecified atom stereocenters. The van der Waals surface area contributed by atoms with Crippen LogP contribution in [-0.2, 0) is 9.59 Å². The van der Waals surface area contributed by atoms with E-state index < -0.39 is 0 Å². The minimum atomic E-state index is 0.0134. The summed E-state index contributed by atoms with van der Waals surface area (Å²) in [5, 5.41) is 0. The maximum atomic E-state index is 10.9. The second-order valence-electron chi connectivity index (χ2n) is 3.94. The van der Waals surface area contributed by atoms with E-state index in [0.29, 0.717) is 0 Å². The van der Waals surface area contributed by atoms with E-state index in [-0.39, 0.29) is 17.1 Å².